The second kappa shape index (κ2) is 9.35. The van der Waals surface area contributed by atoms with Gasteiger partial charge in [-0.15, -0.1) is 0 Å². The van der Waals surface area contributed by atoms with Crippen molar-refractivity contribution in [2.24, 2.45) is 0 Å². The molecule has 4 rings (SSSR count). The number of aliphatic carboxylic acids is 1. The van der Waals surface area contributed by atoms with Gasteiger partial charge in [-0.1, -0.05) is 54.6 Å². The van der Waals surface area contributed by atoms with Gasteiger partial charge in [0.1, 0.15) is 17.8 Å². The second-order valence-electron chi connectivity index (χ2n) is 7.56. The smallest absolute Gasteiger partial charge is 0.326 e. The molecule has 1 amide bonds. The molecule has 0 aliphatic rings. The highest BCUT2D eigenvalue weighted by molar-refractivity contribution is 5.88. The summed E-state index contributed by atoms with van der Waals surface area (Å²) in [5.41, 5.74) is 1.24. The molecule has 0 spiro atoms. The number of phenolic OH excluding ortho intramolecular Hbond substituents is 1. The van der Waals surface area contributed by atoms with Gasteiger partial charge < -0.3 is 15.5 Å². The zero-order valence-corrected chi connectivity index (χ0v) is 17.5. The van der Waals surface area contributed by atoms with Crippen LogP contribution in [0.15, 0.2) is 90.0 Å². The van der Waals surface area contributed by atoms with Crippen LogP contribution in [0, 0.1) is 0 Å². The Bertz CT molecular complexity index is 1350. The number of hydrogen-bond donors (Lipinski definition) is 3. The number of carbonyl (C=O) groups excluding carboxylic acids is 1. The van der Waals surface area contributed by atoms with Crippen molar-refractivity contribution in [1.82, 2.24) is 14.9 Å². The largest absolute Gasteiger partial charge is 0.508 e. The average molecular weight is 443 g/mol. The maximum Gasteiger partial charge on any atom is 0.326 e. The van der Waals surface area contributed by atoms with Crippen LogP contribution in [0.2, 0.25) is 0 Å². The molecule has 0 bridgehead atoms. The summed E-state index contributed by atoms with van der Waals surface area (Å²) in [6, 6.07) is 19.2. The van der Waals surface area contributed by atoms with Gasteiger partial charge in [0.05, 0.1) is 17.2 Å². The molecular weight excluding hydrogens is 422 g/mol. The standard InChI is InChI=1S/C25H21N3O5/c29-18-12-10-16(11-13-18)14-21(25(32)33)27-23(30)22(17-6-2-1-3-7-17)28-15-26-20-9-5-4-8-19(20)24(28)31/h1-13,15,21-22,29H,14H2,(H,27,30)(H,32,33). The summed E-state index contributed by atoms with van der Waals surface area (Å²) in [6.45, 7) is 0. The molecule has 0 fully saturated rings. The van der Waals surface area contributed by atoms with E-state index in [0.29, 0.717) is 22.0 Å². The second-order valence-corrected chi connectivity index (χ2v) is 7.56. The zero-order chi connectivity index (χ0) is 23.4. The predicted octanol–water partition coefficient (Wildman–Crippen LogP) is 2.50. The Balaban J connectivity index is 1.71. The zero-order valence-electron chi connectivity index (χ0n) is 17.5. The van der Waals surface area contributed by atoms with Crippen LogP contribution >= 0.6 is 0 Å². The molecule has 0 aliphatic carbocycles. The third kappa shape index (κ3) is 4.74. The van der Waals surface area contributed by atoms with Gasteiger partial charge in [-0.2, -0.15) is 0 Å². The van der Waals surface area contributed by atoms with E-state index in [9.17, 15) is 24.6 Å². The molecule has 2 unspecified atom stereocenters. The van der Waals surface area contributed by atoms with E-state index >= 15 is 0 Å². The van der Waals surface area contributed by atoms with E-state index in [1.54, 1.807) is 66.7 Å². The summed E-state index contributed by atoms with van der Waals surface area (Å²) in [7, 11) is 0. The highest BCUT2D eigenvalue weighted by Gasteiger charge is 2.29. The van der Waals surface area contributed by atoms with E-state index in [2.05, 4.69) is 10.3 Å². The fraction of sp³-hybridized carbons (Fsp3) is 0.120. The summed E-state index contributed by atoms with van der Waals surface area (Å²) in [4.78, 5) is 42.8. The van der Waals surface area contributed by atoms with Crippen molar-refractivity contribution in [2.75, 3.05) is 0 Å². The quantitative estimate of drug-likeness (QED) is 0.404. The topological polar surface area (TPSA) is 122 Å². The number of aromatic nitrogens is 2. The van der Waals surface area contributed by atoms with Gasteiger partial charge in [0.25, 0.3) is 5.56 Å². The Morgan fingerprint density at radius 2 is 1.61 bits per heavy atom. The molecule has 2 atom stereocenters. The Morgan fingerprint density at radius 3 is 2.30 bits per heavy atom. The summed E-state index contributed by atoms with van der Waals surface area (Å²) in [5, 5.41) is 22.1. The first kappa shape index (κ1) is 21.8. The fourth-order valence-electron chi connectivity index (χ4n) is 3.66. The third-order valence-corrected chi connectivity index (χ3v) is 5.32. The molecule has 8 heteroatoms. The van der Waals surface area contributed by atoms with Crippen LogP contribution in [0.3, 0.4) is 0 Å². The number of nitrogens with zero attached hydrogens (tertiary/aromatic N) is 2. The lowest BCUT2D eigenvalue weighted by molar-refractivity contribution is -0.142. The van der Waals surface area contributed by atoms with Crippen molar-refractivity contribution in [1.29, 1.82) is 0 Å². The molecule has 8 nitrogen and oxygen atoms in total. The molecule has 33 heavy (non-hydrogen) atoms. The molecule has 1 heterocycles. The number of rotatable bonds is 7. The summed E-state index contributed by atoms with van der Waals surface area (Å²) < 4.78 is 1.21. The first-order valence-corrected chi connectivity index (χ1v) is 10.3. The highest BCUT2D eigenvalue weighted by Crippen LogP contribution is 2.19. The minimum atomic E-state index is -1.24. The van der Waals surface area contributed by atoms with E-state index in [1.165, 1.54) is 23.0 Å². The van der Waals surface area contributed by atoms with Gasteiger partial charge in [-0.05, 0) is 35.4 Å². The molecule has 0 saturated carbocycles. The van der Waals surface area contributed by atoms with Crippen LogP contribution in [0.4, 0.5) is 0 Å². The third-order valence-electron chi connectivity index (χ3n) is 5.32. The Morgan fingerprint density at radius 1 is 0.939 bits per heavy atom. The van der Waals surface area contributed by atoms with Crippen molar-refractivity contribution >= 4 is 22.8 Å². The molecule has 3 N–H and O–H groups in total. The van der Waals surface area contributed by atoms with Crippen LogP contribution in [-0.4, -0.2) is 37.7 Å². The van der Waals surface area contributed by atoms with Crippen LogP contribution in [0.25, 0.3) is 10.9 Å². The van der Waals surface area contributed by atoms with Gasteiger partial charge in [0.2, 0.25) is 5.91 Å². The number of fused-ring (bicyclic) bond motifs is 1. The lowest BCUT2D eigenvalue weighted by Gasteiger charge is -2.22. The molecule has 166 valence electrons. The van der Waals surface area contributed by atoms with Crippen molar-refractivity contribution in [2.45, 2.75) is 18.5 Å². The van der Waals surface area contributed by atoms with E-state index in [1.807, 2.05) is 0 Å². The summed E-state index contributed by atoms with van der Waals surface area (Å²) >= 11 is 0. The van der Waals surface area contributed by atoms with Gasteiger partial charge in [-0.3, -0.25) is 14.2 Å². The number of amides is 1. The molecule has 4 aromatic rings. The van der Waals surface area contributed by atoms with Crippen LogP contribution in [-0.2, 0) is 16.0 Å². The normalized spacial score (nSPS) is 12.7. The van der Waals surface area contributed by atoms with E-state index < -0.39 is 29.5 Å². The van der Waals surface area contributed by atoms with Crippen molar-refractivity contribution in [3.8, 4) is 5.75 Å². The average Bonchev–Trinajstić information content (AvgIpc) is 2.82. The SMILES string of the molecule is O=C(O)C(Cc1ccc(O)cc1)NC(=O)C(c1ccccc1)n1cnc2ccccc2c1=O. The van der Waals surface area contributed by atoms with Crippen molar-refractivity contribution in [3.05, 3.63) is 107 Å². The maximum atomic E-state index is 13.4. The number of phenols is 1. The number of benzene rings is 3. The Hall–Kier alpha value is -4.46. The fourth-order valence-corrected chi connectivity index (χ4v) is 3.66. The van der Waals surface area contributed by atoms with Crippen molar-refractivity contribution < 1.29 is 19.8 Å². The monoisotopic (exact) mass is 443 g/mol. The van der Waals surface area contributed by atoms with Crippen LogP contribution in [0.5, 0.6) is 5.75 Å². The lowest BCUT2D eigenvalue weighted by Crippen LogP contribution is -2.47. The highest BCUT2D eigenvalue weighted by atomic mass is 16.4. The minimum absolute atomic E-state index is 0.00767. The summed E-state index contributed by atoms with van der Waals surface area (Å²) in [6.07, 6.45) is 1.31. The number of carboxylic acid groups (broad SMARTS) is 1. The van der Waals surface area contributed by atoms with Gasteiger partial charge in [-0.25, -0.2) is 9.78 Å². The van der Waals surface area contributed by atoms with E-state index in [0.717, 1.165) is 0 Å². The lowest BCUT2D eigenvalue weighted by atomic mass is 10.0. The minimum Gasteiger partial charge on any atom is -0.508 e. The Labute approximate surface area is 188 Å². The first-order valence-electron chi connectivity index (χ1n) is 10.3. The van der Waals surface area contributed by atoms with E-state index in [4.69, 9.17) is 0 Å². The van der Waals surface area contributed by atoms with Crippen LogP contribution in [0.1, 0.15) is 17.2 Å². The van der Waals surface area contributed by atoms with Crippen molar-refractivity contribution in [3.63, 3.8) is 0 Å². The molecule has 0 aliphatic heterocycles. The number of carboxylic acids is 1. The molecular formula is C25H21N3O5. The molecule has 0 radical (unpaired) electrons. The summed E-state index contributed by atoms with van der Waals surface area (Å²) in [5.74, 6) is -1.80. The number of hydrogen-bond acceptors (Lipinski definition) is 5. The molecule has 3 aromatic carbocycles. The number of aromatic hydroxyl groups is 1. The number of carbonyl (C=O) groups is 2. The maximum absolute atomic E-state index is 13.4. The molecule has 0 saturated heterocycles. The number of para-hydroxylation sites is 1. The number of nitrogens with one attached hydrogen (secondary N) is 1. The molecule has 1 aromatic heterocycles. The Kier molecular flexibility index (Phi) is 6.17. The first-order chi connectivity index (χ1) is 15.9. The van der Waals surface area contributed by atoms with Gasteiger partial charge in [0.15, 0.2) is 0 Å². The van der Waals surface area contributed by atoms with Crippen LogP contribution < -0.4 is 10.9 Å². The van der Waals surface area contributed by atoms with Gasteiger partial charge >= 0.3 is 5.97 Å². The predicted molar refractivity (Wildman–Crippen MR) is 122 cm³/mol. The van der Waals surface area contributed by atoms with E-state index in [-0.39, 0.29) is 12.2 Å². The van der Waals surface area contributed by atoms with Gasteiger partial charge in [0, 0.05) is 6.42 Å².